The second-order valence-electron chi connectivity index (χ2n) is 5.31. The van der Waals surface area contributed by atoms with Crippen LogP contribution >= 0.6 is 0 Å². The zero-order valence-corrected chi connectivity index (χ0v) is 13.2. The number of H-pyrrole nitrogens is 2. The van der Waals surface area contributed by atoms with E-state index in [1.165, 1.54) is 12.3 Å². The van der Waals surface area contributed by atoms with Crippen molar-refractivity contribution in [2.45, 2.75) is 19.6 Å². The number of nitrogens with zero attached hydrogens (tertiary/aromatic N) is 6. The Balaban J connectivity index is 1.51. The van der Waals surface area contributed by atoms with Crippen molar-refractivity contribution in [3.05, 3.63) is 36.4 Å². The van der Waals surface area contributed by atoms with E-state index < -0.39 is 6.61 Å². The smallest absolute Gasteiger partial charge is 0.388 e. The molecule has 0 saturated carbocycles. The molecular weight excluding hydrogens is 348 g/mol. The fourth-order valence-corrected chi connectivity index (χ4v) is 2.38. The van der Waals surface area contributed by atoms with E-state index in [4.69, 9.17) is 0 Å². The summed E-state index contributed by atoms with van der Waals surface area (Å²) >= 11 is 0. The highest BCUT2D eigenvalue weighted by molar-refractivity contribution is 5.71. The first-order chi connectivity index (χ1) is 12.7. The molecule has 10 nitrogen and oxygen atoms in total. The van der Waals surface area contributed by atoms with E-state index in [1.54, 1.807) is 17.1 Å². The summed E-state index contributed by atoms with van der Waals surface area (Å²) < 4.78 is 30.3. The van der Waals surface area contributed by atoms with Crippen LogP contribution in [0, 0.1) is 0 Å². The van der Waals surface area contributed by atoms with Crippen LogP contribution in [0.5, 0.6) is 5.88 Å². The average Bonchev–Trinajstić information content (AvgIpc) is 3.34. The number of hydrogen-bond donors (Lipinski definition) is 3. The van der Waals surface area contributed by atoms with Crippen molar-refractivity contribution >= 4 is 22.8 Å². The predicted molar refractivity (Wildman–Crippen MR) is 86.1 cm³/mol. The average molecular weight is 361 g/mol. The molecule has 4 aromatic rings. The summed E-state index contributed by atoms with van der Waals surface area (Å²) in [5, 5.41) is 20.0. The summed E-state index contributed by atoms with van der Waals surface area (Å²) in [6, 6.07) is 1.30. The Morgan fingerprint density at radius 2 is 2.19 bits per heavy atom. The molecule has 12 heteroatoms. The van der Waals surface area contributed by atoms with E-state index in [2.05, 4.69) is 45.5 Å². The molecule has 134 valence electrons. The largest absolute Gasteiger partial charge is 0.415 e. The third-order valence-corrected chi connectivity index (χ3v) is 3.54. The van der Waals surface area contributed by atoms with Gasteiger partial charge in [0.15, 0.2) is 11.5 Å². The third-order valence-electron chi connectivity index (χ3n) is 3.54. The number of hydrogen-bond acceptors (Lipinski definition) is 7. The summed E-state index contributed by atoms with van der Waals surface area (Å²) in [4.78, 5) is 8.75. The molecule has 4 rings (SSSR count). The van der Waals surface area contributed by atoms with Crippen LogP contribution in [0.4, 0.5) is 20.4 Å². The molecule has 0 fully saturated rings. The molecule has 4 aromatic heterocycles. The molecule has 3 N–H and O–H groups in total. The minimum atomic E-state index is -2.94. The topological polar surface area (TPSA) is 122 Å². The molecule has 0 bridgehead atoms. The Morgan fingerprint density at radius 1 is 1.27 bits per heavy atom. The fraction of sp³-hybridized carbons (Fsp3) is 0.214. The number of anilines is 2. The molecule has 0 aliphatic carbocycles. The summed E-state index contributed by atoms with van der Waals surface area (Å²) in [6.07, 6.45) is 7.45. The fourth-order valence-electron chi connectivity index (χ4n) is 2.38. The first-order valence-electron chi connectivity index (χ1n) is 7.61. The number of fused-ring (bicyclic) bond motifs is 1. The van der Waals surface area contributed by atoms with Crippen LogP contribution in [0.3, 0.4) is 0 Å². The number of rotatable bonds is 7. The van der Waals surface area contributed by atoms with Crippen molar-refractivity contribution in [2.75, 3.05) is 5.32 Å². The Hall–Kier alpha value is -3.57. The van der Waals surface area contributed by atoms with Gasteiger partial charge in [0.25, 0.3) is 0 Å². The number of alkyl halides is 2. The van der Waals surface area contributed by atoms with Gasteiger partial charge in [-0.3, -0.25) is 10.2 Å². The maximum atomic E-state index is 12.2. The van der Waals surface area contributed by atoms with Crippen LogP contribution in [0.15, 0.2) is 30.9 Å². The lowest BCUT2D eigenvalue weighted by molar-refractivity contribution is -0.0528. The second kappa shape index (κ2) is 6.74. The number of halogens is 2. The van der Waals surface area contributed by atoms with Gasteiger partial charge in [-0.2, -0.15) is 19.0 Å². The Kier molecular flexibility index (Phi) is 4.13. The van der Waals surface area contributed by atoms with Gasteiger partial charge >= 0.3 is 6.61 Å². The monoisotopic (exact) mass is 361 g/mol. The van der Waals surface area contributed by atoms with Crippen molar-refractivity contribution in [3.63, 3.8) is 0 Å². The number of aromatic amines is 2. The van der Waals surface area contributed by atoms with Gasteiger partial charge in [-0.15, -0.1) is 5.10 Å². The highest BCUT2D eigenvalue weighted by atomic mass is 19.3. The summed E-state index contributed by atoms with van der Waals surface area (Å²) in [6.45, 7) is -2.33. The number of aromatic nitrogens is 8. The van der Waals surface area contributed by atoms with E-state index in [0.29, 0.717) is 29.3 Å². The maximum absolute atomic E-state index is 12.2. The molecule has 0 amide bonds. The molecule has 0 radical (unpaired) electrons. The number of aryl methyl sites for hydroxylation is 2. The van der Waals surface area contributed by atoms with Gasteiger partial charge in [0, 0.05) is 18.8 Å². The van der Waals surface area contributed by atoms with Crippen LogP contribution < -0.4 is 10.1 Å². The van der Waals surface area contributed by atoms with Crippen LogP contribution in [0.25, 0.3) is 11.2 Å². The minimum absolute atomic E-state index is 0.221. The van der Waals surface area contributed by atoms with Gasteiger partial charge < -0.3 is 10.1 Å². The van der Waals surface area contributed by atoms with Gasteiger partial charge in [-0.05, 0) is 12.0 Å². The SMILES string of the molecule is FC(F)Oc1cc(Nc2cnc3cnn(CCc4cn[nH]c4)c3n2)[nH]n1. The van der Waals surface area contributed by atoms with Crippen molar-refractivity contribution in [1.29, 1.82) is 0 Å². The molecule has 0 spiro atoms. The van der Waals surface area contributed by atoms with Gasteiger partial charge in [-0.1, -0.05) is 0 Å². The Labute approximate surface area is 144 Å². The van der Waals surface area contributed by atoms with Crippen LogP contribution in [0.2, 0.25) is 0 Å². The first kappa shape index (κ1) is 15.9. The summed E-state index contributed by atoms with van der Waals surface area (Å²) in [5.41, 5.74) is 2.30. The van der Waals surface area contributed by atoms with Gasteiger partial charge in [0.1, 0.15) is 11.3 Å². The zero-order valence-electron chi connectivity index (χ0n) is 13.2. The lowest BCUT2D eigenvalue weighted by atomic mass is 10.2. The van der Waals surface area contributed by atoms with Crippen LogP contribution in [-0.4, -0.2) is 46.8 Å². The predicted octanol–water partition coefficient (Wildman–Crippen LogP) is 1.86. The molecule has 0 aliphatic rings. The lowest BCUT2D eigenvalue weighted by Crippen LogP contribution is -2.05. The maximum Gasteiger partial charge on any atom is 0.388 e. The van der Waals surface area contributed by atoms with Crippen LogP contribution in [0.1, 0.15) is 5.56 Å². The molecule has 0 aromatic carbocycles. The van der Waals surface area contributed by atoms with E-state index in [0.717, 1.165) is 12.0 Å². The van der Waals surface area contributed by atoms with E-state index in [1.807, 2.05) is 6.20 Å². The van der Waals surface area contributed by atoms with E-state index in [-0.39, 0.29) is 5.88 Å². The van der Waals surface area contributed by atoms with Crippen molar-refractivity contribution in [3.8, 4) is 5.88 Å². The van der Waals surface area contributed by atoms with Gasteiger partial charge in [0.2, 0.25) is 5.88 Å². The molecular formula is C14H13F2N9O. The Morgan fingerprint density at radius 3 is 3.00 bits per heavy atom. The number of ether oxygens (including phenoxy) is 1. The third kappa shape index (κ3) is 3.43. The second-order valence-corrected chi connectivity index (χ2v) is 5.31. The molecule has 26 heavy (non-hydrogen) atoms. The molecule has 0 saturated heterocycles. The zero-order chi connectivity index (χ0) is 17.9. The van der Waals surface area contributed by atoms with E-state index >= 15 is 0 Å². The molecule has 0 unspecified atom stereocenters. The molecule has 0 aliphatic heterocycles. The quantitative estimate of drug-likeness (QED) is 0.459. The van der Waals surface area contributed by atoms with Crippen LogP contribution in [-0.2, 0) is 13.0 Å². The first-order valence-corrected chi connectivity index (χ1v) is 7.61. The summed E-state index contributed by atoms with van der Waals surface area (Å²) in [5.74, 6) is 0.537. The lowest BCUT2D eigenvalue weighted by Gasteiger charge is -2.04. The van der Waals surface area contributed by atoms with Gasteiger partial charge in [0.05, 0.1) is 18.6 Å². The van der Waals surface area contributed by atoms with Crippen molar-refractivity contribution in [1.82, 2.24) is 40.1 Å². The standard InChI is InChI=1S/C14H13F2N9O/c15-14(16)26-12-3-10(23-24-12)21-11-7-17-9-6-20-25(13(9)22-11)2-1-8-4-18-19-5-8/h3-7,14H,1-2H2,(H,18,19)(H2,21,22,23,24). The summed E-state index contributed by atoms with van der Waals surface area (Å²) in [7, 11) is 0. The normalized spacial score (nSPS) is 11.3. The van der Waals surface area contributed by atoms with E-state index in [9.17, 15) is 8.78 Å². The number of nitrogens with one attached hydrogen (secondary N) is 3. The minimum Gasteiger partial charge on any atom is -0.415 e. The van der Waals surface area contributed by atoms with Crippen molar-refractivity contribution in [2.24, 2.45) is 0 Å². The highest BCUT2D eigenvalue weighted by Crippen LogP contribution is 2.19. The van der Waals surface area contributed by atoms with Crippen molar-refractivity contribution < 1.29 is 13.5 Å². The highest BCUT2D eigenvalue weighted by Gasteiger charge is 2.11. The van der Waals surface area contributed by atoms with Gasteiger partial charge in [-0.25, -0.2) is 14.6 Å². The molecule has 4 heterocycles. The Bertz CT molecular complexity index is 995. The molecule has 0 atom stereocenters.